The highest BCUT2D eigenvalue weighted by molar-refractivity contribution is 6.31. The van der Waals surface area contributed by atoms with Crippen molar-refractivity contribution >= 4 is 23.0 Å². The highest BCUT2D eigenvalue weighted by atomic mass is 16.4. The van der Waals surface area contributed by atoms with Crippen molar-refractivity contribution in [3.05, 3.63) is 34.3 Å². The molecular formula is C12H12N2O5. The van der Waals surface area contributed by atoms with Gasteiger partial charge in [-0.2, -0.15) is 0 Å². The predicted octanol–water partition coefficient (Wildman–Crippen LogP) is 0.174. The van der Waals surface area contributed by atoms with Crippen LogP contribution in [-0.2, 0) is 23.2 Å². The van der Waals surface area contributed by atoms with Gasteiger partial charge in [0.1, 0.15) is 0 Å². The molecule has 7 nitrogen and oxygen atoms in total. The fraction of sp³-hybridized carbons (Fsp3) is 0.250. The lowest BCUT2D eigenvalue weighted by Crippen LogP contribution is -2.32. The molecule has 0 saturated heterocycles. The van der Waals surface area contributed by atoms with Crippen molar-refractivity contribution in [1.29, 1.82) is 0 Å². The summed E-state index contributed by atoms with van der Waals surface area (Å²) >= 11 is 0. The largest absolute Gasteiger partial charge is 0.474 e. The molecule has 1 aromatic carbocycles. The van der Waals surface area contributed by atoms with Gasteiger partial charge in [-0.15, -0.1) is 0 Å². The van der Waals surface area contributed by atoms with Gasteiger partial charge in [-0.25, -0.2) is 9.59 Å². The minimum Gasteiger partial charge on any atom is -0.474 e. The second-order valence-corrected chi connectivity index (χ2v) is 4.20. The van der Waals surface area contributed by atoms with Crippen molar-refractivity contribution in [3.8, 4) is 0 Å². The minimum atomic E-state index is -1.50. The molecule has 0 atom stereocenters. The molecule has 19 heavy (non-hydrogen) atoms. The van der Waals surface area contributed by atoms with Crippen LogP contribution in [0.1, 0.15) is 5.56 Å². The Balaban J connectivity index is 2.31. The Hall–Kier alpha value is -2.57. The third-order valence-electron chi connectivity index (χ3n) is 2.81. The average Bonchev–Trinajstić information content (AvgIpc) is 2.64. The van der Waals surface area contributed by atoms with Crippen LogP contribution in [0.4, 0.5) is 0 Å². The SMILES string of the molecule is CN(Cc1ccc2oc(=O)n(C)c2c1)C(=O)C(=O)O. The molecule has 1 heterocycles. The van der Waals surface area contributed by atoms with Crippen LogP contribution in [0, 0.1) is 0 Å². The maximum atomic E-state index is 11.3. The molecule has 100 valence electrons. The topological polar surface area (TPSA) is 92.8 Å². The Morgan fingerprint density at radius 1 is 1.42 bits per heavy atom. The molecule has 2 aromatic rings. The van der Waals surface area contributed by atoms with E-state index in [1.54, 1.807) is 25.2 Å². The van der Waals surface area contributed by atoms with Crippen molar-refractivity contribution < 1.29 is 19.1 Å². The van der Waals surface area contributed by atoms with Gasteiger partial charge in [0.2, 0.25) is 0 Å². The van der Waals surface area contributed by atoms with E-state index in [2.05, 4.69) is 0 Å². The summed E-state index contributed by atoms with van der Waals surface area (Å²) in [6, 6.07) is 4.98. The van der Waals surface area contributed by atoms with E-state index < -0.39 is 17.6 Å². The van der Waals surface area contributed by atoms with Gasteiger partial charge in [-0.1, -0.05) is 6.07 Å². The minimum absolute atomic E-state index is 0.139. The summed E-state index contributed by atoms with van der Waals surface area (Å²) in [4.78, 5) is 34.2. The first-order valence-corrected chi connectivity index (χ1v) is 5.47. The molecule has 0 aliphatic heterocycles. The summed E-state index contributed by atoms with van der Waals surface area (Å²) in [5, 5.41) is 8.60. The van der Waals surface area contributed by atoms with Gasteiger partial charge >= 0.3 is 17.6 Å². The molecule has 0 aliphatic rings. The molecule has 2 rings (SSSR count). The first-order chi connectivity index (χ1) is 8.90. The summed E-state index contributed by atoms with van der Waals surface area (Å²) in [6.07, 6.45) is 0. The van der Waals surface area contributed by atoms with E-state index in [4.69, 9.17) is 9.52 Å². The van der Waals surface area contributed by atoms with E-state index in [-0.39, 0.29) is 6.54 Å². The fourth-order valence-corrected chi connectivity index (χ4v) is 1.78. The van der Waals surface area contributed by atoms with E-state index in [1.165, 1.54) is 11.6 Å². The van der Waals surface area contributed by atoms with Gasteiger partial charge in [0, 0.05) is 20.6 Å². The zero-order valence-electron chi connectivity index (χ0n) is 10.4. The number of oxazole rings is 1. The van der Waals surface area contributed by atoms with Crippen molar-refractivity contribution in [2.75, 3.05) is 7.05 Å². The van der Waals surface area contributed by atoms with E-state index in [1.807, 2.05) is 0 Å². The molecule has 0 aliphatic carbocycles. The van der Waals surface area contributed by atoms with E-state index in [9.17, 15) is 14.4 Å². The number of aryl methyl sites for hydroxylation is 1. The van der Waals surface area contributed by atoms with Gasteiger partial charge in [-0.05, 0) is 17.7 Å². The van der Waals surface area contributed by atoms with Crippen LogP contribution in [0.5, 0.6) is 0 Å². The first kappa shape index (κ1) is 12.9. The van der Waals surface area contributed by atoms with Crippen LogP contribution in [0.15, 0.2) is 27.4 Å². The van der Waals surface area contributed by atoms with E-state index in [0.717, 1.165) is 4.90 Å². The van der Waals surface area contributed by atoms with Crippen molar-refractivity contribution in [2.45, 2.75) is 6.54 Å². The van der Waals surface area contributed by atoms with Crippen molar-refractivity contribution in [1.82, 2.24) is 9.47 Å². The highest BCUT2D eigenvalue weighted by Crippen LogP contribution is 2.15. The molecule has 0 unspecified atom stereocenters. The number of carboxylic acid groups (broad SMARTS) is 1. The van der Waals surface area contributed by atoms with Crippen LogP contribution in [-0.4, -0.2) is 33.5 Å². The summed E-state index contributed by atoms with van der Waals surface area (Å²) in [7, 11) is 2.97. The monoisotopic (exact) mass is 264 g/mol. The first-order valence-electron chi connectivity index (χ1n) is 5.47. The molecule has 0 radical (unpaired) electrons. The lowest BCUT2D eigenvalue weighted by Gasteiger charge is -2.14. The number of nitrogens with zero attached hydrogens (tertiary/aromatic N) is 2. The van der Waals surface area contributed by atoms with Crippen LogP contribution < -0.4 is 5.76 Å². The van der Waals surface area contributed by atoms with Gasteiger partial charge < -0.3 is 14.4 Å². The molecule has 1 aromatic heterocycles. The van der Waals surface area contributed by atoms with E-state index >= 15 is 0 Å². The second-order valence-electron chi connectivity index (χ2n) is 4.20. The summed E-state index contributed by atoms with van der Waals surface area (Å²) in [5.74, 6) is -2.96. The Morgan fingerprint density at radius 2 is 2.11 bits per heavy atom. The number of hydrogen-bond acceptors (Lipinski definition) is 4. The molecule has 7 heteroatoms. The maximum absolute atomic E-state index is 11.3. The third kappa shape index (κ3) is 2.35. The Kier molecular flexibility index (Phi) is 3.12. The van der Waals surface area contributed by atoms with Crippen LogP contribution in [0.25, 0.3) is 11.1 Å². The molecule has 0 saturated carbocycles. The van der Waals surface area contributed by atoms with Crippen LogP contribution in [0.2, 0.25) is 0 Å². The maximum Gasteiger partial charge on any atom is 0.419 e. The number of carbonyl (C=O) groups excluding carboxylic acids is 1. The van der Waals surface area contributed by atoms with Gasteiger partial charge in [0.05, 0.1) is 5.52 Å². The van der Waals surface area contributed by atoms with Crippen molar-refractivity contribution in [2.24, 2.45) is 7.05 Å². The Morgan fingerprint density at radius 3 is 2.74 bits per heavy atom. The summed E-state index contributed by atoms with van der Waals surface area (Å²) < 4.78 is 6.32. The molecule has 0 bridgehead atoms. The lowest BCUT2D eigenvalue weighted by molar-refractivity contribution is -0.155. The normalized spacial score (nSPS) is 10.6. The molecule has 1 N–H and O–H groups in total. The smallest absolute Gasteiger partial charge is 0.419 e. The number of fused-ring (bicyclic) bond motifs is 1. The summed E-state index contributed by atoms with van der Waals surface area (Å²) in [6.45, 7) is 0.139. The van der Waals surface area contributed by atoms with Gasteiger partial charge in [0.15, 0.2) is 5.58 Å². The number of carboxylic acids is 1. The third-order valence-corrected chi connectivity index (χ3v) is 2.81. The fourth-order valence-electron chi connectivity index (χ4n) is 1.78. The zero-order valence-corrected chi connectivity index (χ0v) is 10.4. The Labute approximate surface area is 107 Å². The zero-order chi connectivity index (χ0) is 14.2. The average molecular weight is 264 g/mol. The van der Waals surface area contributed by atoms with Gasteiger partial charge in [-0.3, -0.25) is 9.36 Å². The number of carbonyl (C=O) groups is 2. The number of aliphatic carboxylic acids is 1. The van der Waals surface area contributed by atoms with Crippen LogP contribution >= 0.6 is 0 Å². The second kappa shape index (κ2) is 4.60. The molecule has 0 spiro atoms. The quantitative estimate of drug-likeness (QED) is 0.781. The van der Waals surface area contributed by atoms with Crippen LogP contribution in [0.3, 0.4) is 0 Å². The lowest BCUT2D eigenvalue weighted by atomic mass is 10.2. The summed E-state index contributed by atoms with van der Waals surface area (Å²) in [5.41, 5.74) is 1.75. The molecule has 1 amide bonds. The molecule has 0 fully saturated rings. The van der Waals surface area contributed by atoms with Gasteiger partial charge in [0.25, 0.3) is 0 Å². The number of benzene rings is 1. The number of amides is 1. The highest BCUT2D eigenvalue weighted by Gasteiger charge is 2.17. The number of aromatic nitrogens is 1. The number of hydrogen-bond donors (Lipinski definition) is 1. The molecular weight excluding hydrogens is 252 g/mol. The Bertz CT molecular complexity index is 712. The van der Waals surface area contributed by atoms with Crippen molar-refractivity contribution in [3.63, 3.8) is 0 Å². The number of rotatable bonds is 2. The predicted molar refractivity (Wildman–Crippen MR) is 65.6 cm³/mol. The van der Waals surface area contributed by atoms with E-state index in [0.29, 0.717) is 16.7 Å². The standard InChI is InChI=1S/C12H12N2O5/c1-13(10(15)11(16)17)6-7-3-4-9-8(5-7)14(2)12(18)19-9/h3-5H,6H2,1-2H3,(H,16,17). The number of likely N-dealkylation sites (N-methyl/N-ethyl adjacent to an activating group) is 1.